The first-order chi connectivity index (χ1) is 10.2. The smallest absolute Gasteiger partial charge is 0.117 e. The molecule has 0 aliphatic rings. The van der Waals surface area contributed by atoms with Gasteiger partial charge in [-0.3, -0.25) is 0 Å². The van der Waals surface area contributed by atoms with Crippen molar-refractivity contribution in [1.29, 1.82) is 0 Å². The minimum absolute atomic E-state index is 0.305. The highest BCUT2D eigenvalue weighted by molar-refractivity contribution is 5.85. The highest BCUT2D eigenvalue weighted by atomic mass is 16.3. The van der Waals surface area contributed by atoms with Crippen LogP contribution in [0, 0.1) is 0 Å². The van der Waals surface area contributed by atoms with Crippen molar-refractivity contribution in [1.82, 2.24) is 0 Å². The maximum absolute atomic E-state index is 10.9. The maximum Gasteiger partial charge on any atom is 0.117 e. The first kappa shape index (κ1) is 13.8. The summed E-state index contributed by atoms with van der Waals surface area (Å²) in [5.74, 6) is 0. The van der Waals surface area contributed by atoms with E-state index in [4.69, 9.17) is 0 Å². The summed E-state index contributed by atoms with van der Waals surface area (Å²) >= 11 is 0. The van der Waals surface area contributed by atoms with Crippen LogP contribution in [0.5, 0.6) is 0 Å². The fourth-order valence-corrected chi connectivity index (χ4v) is 2.76. The average Bonchev–Trinajstić information content (AvgIpc) is 2.56. The second-order valence-electron chi connectivity index (χ2n) is 5.37. The van der Waals surface area contributed by atoms with Crippen molar-refractivity contribution in [2.24, 2.45) is 0 Å². The van der Waals surface area contributed by atoms with E-state index in [1.807, 2.05) is 60.7 Å². The Balaban J connectivity index is 2.04. The van der Waals surface area contributed by atoms with Crippen LogP contribution in [0.1, 0.15) is 11.1 Å². The zero-order chi connectivity index (χ0) is 14.7. The lowest BCUT2D eigenvalue weighted by Crippen LogP contribution is -2.32. The minimum atomic E-state index is -1.26. The molecule has 2 nitrogen and oxygen atoms in total. The van der Waals surface area contributed by atoms with Crippen molar-refractivity contribution in [3.05, 3.63) is 83.9 Å². The minimum Gasteiger partial charge on any atom is -0.393 e. The molecule has 0 radical (unpaired) electrons. The lowest BCUT2D eigenvalue weighted by Gasteiger charge is -2.27. The van der Waals surface area contributed by atoms with Gasteiger partial charge in [0.2, 0.25) is 0 Å². The molecule has 1 unspecified atom stereocenters. The number of aliphatic hydroxyl groups excluding tert-OH is 1. The fourth-order valence-electron chi connectivity index (χ4n) is 2.76. The quantitative estimate of drug-likeness (QED) is 0.769. The van der Waals surface area contributed by atoms with E-state index in [0.29, 0.717) is 6.42 Å². The first-order valence-electron chi connectivity index (χ1n) is 7.08. The lowest BCUT2D eigenvalue weighted by molar-refractivity contribution is -0.0185. The highest BCUT2D eigenvalue weighted by Gasteiger charge is 2.29. The second kappa shape index (κ2) is 5.68. The molecule has 0 bridgehead atoms. The Kier molecular flexibility index (Phi) is 3.74. The van der Waals surface area contributed by atoms with Crippen LogP contribution >= 0.6 is 0 Å². The average molecular weight is 278 g/mol. The molecule has 0 heterocycles. The molecule has 0 aliphatic carbocycles. The zero-order valence-electron chi connectivity index (χ0n) is 11.7. The van der Waals surface area contributed by atoms with Gasteiger partial charge in [-0.2, -0.15) is 0 Å². The van der Waals surface area contributed by atoms with Gasteiger partial charge < -0.3 is 10.2 Å². The Hall–Kier alpha value is -2.16. The van der Waals surface area contributed by atoms with Gasteiger partial charge in [0.05, 0.1) is 6.61 Å². The molecule has 0 saturated heterocycles. The number of aliphatic hydroxyl groups is 2. The topological polar surface area (TPSA) is 40.5 Å². The van der Waals surface area contributed by atoms with Crippen molar-refractivity contribution in [2.45, 2.75) is 12.0 Å². The third kappa shape index (κ3) is 2.68. The van der Waals surface area contributed by atoms with Gasteiger partial charge in [0.1, 0.15) is 5.60 Å². The molecule has 0 aromatic heterocycles. The van der Waals surface area contributed by atoms with E-state index in [1.165, 1.54) is 0 Å². The molecular formula is C19H18O2. The van der Waals surface area contributed by atoms with Crippen LogP contribution in [0.25, 0.3) is 10.8 Å². The summed E-state index contributed by atoms with van der Waals surface area (Å²) in [6, 6.07) is 23.5. The van der Waals surface area contributed by atoms with Gasteiger partial charge in [-0.15, -0.1) is 0 Å². The molecule has 0 amide bonds. The summed E-state index contributed by atoms with van der Waals surface area (Å²) in [7, 11) is 0. The van der Waals surface area contributed by atoms with Crippen LogP contribution in [-0.4, -0.2) is 16.8 Å². The van der Waals surface area contributed by atoms with Gasteiger partial charge in [0, 0.05) is 6.42 Å². The van der Waals surface area contributed by atoms with E-state index in [0.717, 1.165) is 21.9 Å². The Morgan fingerprint density at radius 2 is 1.43 bits per heavy atom. The SMILES string of the molecule is OCC(O)(Cc1cccc2ccccc12)c1ccccc1. The standard InChI is InChI=1S/C19H18O2/c20-14-19(21,17-10-2-1-3-11-17)13-16-9-6-8-15-7-4-5-12-18(15)16/h1-12,20-21H,13-14H2. The third-order valence-corrected chi connectivity index (χ3v) is 3.94. The molecule has 2 N–H and O–H groups in total. The number of rotatable bonds is 4. The summed E-state index contributed by atoms with van der Waals surface area (Å²) in [5.41, 5.74) is 0.514. The molecule has 106 valence electrons. The van der Waals surface area contributed by atoms with Crippen LogP contribution in [0.15, 0.2) is 72.8 Å². The normalized spacial score (nSPS) is 14.0. The summed E-state index contributed by atoms with van der Waals surface area (Å²) in [4.78, 5) is 0. The maximum atomic E-state index is 10.9. The molecule has 0 fully saturated rings. The van der Waals surface area contributed by atoms with Gasteiger partial charge in [-0.1, -0.05) is 72.8 Å². The van der Waals surface area contributed by atoms with Crippen molar-refractivity contribution < 1.29 is 10.2 Å². The molecule has 3 rings (SSSR count). The van der Waals surface area contributed by atoms with Gasteiger partial charge in [0.15, 0.2) is 0 Å². The molecule has 0 spiro atoms. The van der Waals surface area contributed by atoms with E-state index >= 15 is 0 Å². The van der Waals surface area contributed by atoms with Crippen LogP contribution in [0.2, 0.25) is 0 Å². The van der Waals surface area contributed by atoms with Crippen molar-refractivity contribution in [2.75, 3.05) is 6.61 Å². The molecule has 0 aliphatic heterocycles. The van der Waals surface area contributed by atoms with E-state index in [-0.39, 0.29) is 6.61 Å². The fraction of sp³-hybridized carbons (Fsp3) is 0.158. The largest absolute Gasteiger partial charge is 0.393 e. The van der Waals surface area contributed by atoms with Crippen LogP contribution in [0.3, 0.4) is 0 Å². The number of benzene rings is 3. The molecule has 0 saturated carbocycles. The Morgan fingerprint density at radius 3 is 2.19 bits per heavy atom. The first-order valence-corrected chi connectivity index (χ1v) is 7.08. The van der Waals surface area contributed by atoms with E-state index in [1.54, 1.807) is 0 Å². The number of hydrogen-bond donors (Lipinski definition) is 2. The Bertz CT molecular complexity index is 731. The van der Waals surface area contributed by atoms with Crippen molar-refractivity contribution in [3.63, 3.8) is 0 Å². The summed E-state index contributed by atoms with van der Waals surface area (Å²) < 4.78 is 0. The summed E-state index contributed by atoms with van der Waals surface area (Å²) in [5, 5.41) is 22.8. The van der Waals surface area contributed by atoms with Gasteiger partial charge in [0.25, 0.3) is 0 Å². The van der Waals surface area contributed by atoms with Crippen LogP contribution in [-0.2, 0) is 12.0 Å². The number of fused-ring (bicyclic) bond motifs is 1. The molecule has 3 aromatic rings. The molecule has 1 atom stereocenters. The van der Waals surface area contributed by atoms with E-state index in [2.05, 4.69) is 12.1 Å². The predicted molar refractivity (Wildman–Crippen MR) is 85.1 cm³/mol. The summed E-state index contributed by atoms with van der Waals surface area (Å²) in [6.45, 7) is -0.305. The van der Waals surface area contributed by atoms with Gasteiger partial charge in [-0.05, 0) is 21.9 Å². The van der Waals surface area contributed by atoms with Crippen molar-refractivity contribution in [3.8, 4) is 0 Å². The monoisotopic (exact) mass is 278 g/mol. The number of hydrogen-bond acceptors (Lipinski definition) is 2. The van der Waals surface area contributed by atoms with Crippen molar-refractivity contribution >= 4 is 10.8 Å². The second-order valence-corrected chi connectivity index (χ2v) is 5.37. The highest BCUT2D eigenvalue weighted by Crippen LogP contribution is 2.29. The van der Waals surface area contributed by atoms with Gasteiger partial charge >= 0.3 is 0 Å². The van der Waals surface area contributed by atoms with Gasteiger partial charge in [-0.25, -0.2) is 0 Å². The van der Waals surface area contributed by atoms with Crippen LogP contribution < -0.4 is 0 Å². The Morgan fingerprint density at radius 1 is 0.762 bits per heavy atom. The lowest BCUT2D eigenvalue weighted by atomic mass is 9.86. The third-order valence-electron chi connectivity index (χ3n) is 3.94. The molecule has 2 heteroatoms. The Labute approximate surface area is 124 Å². The zero-order valence-corrected chi connectivity index (χ0v) is 11.7. The van der Waals surface area contributed by atoms with Crippen LogP contribution in [0.4, 0.5) is 0 Å². The van der Waals surface area contributed by atoms with E-state index < -0.39 is 5.60 Å². The molecule has 21 heavy (non-hydrogen) atoms. The predicted octanol–water partition coefficient (Wildman–Crippen LogP) is 3.26. The molecular weight excluding hydrogens is 260 g/mol. The molecule has 3 aromatic carbocycles. The summed E-state index contributed by atoms with van der Waals surface area (Å²) in [6.07, 6.45) is 0.384. The van der Waals surface area contributed by atoms with E-state index in [9.17, 15) is 10.2 Å².